The van der Waals surface area contributed by atoms with Crippen LogP contribution in [0, 0.1) is 25.5 Å². The summed E-state index contributed by atoms with van der Waals surface area (Å²) >= 11 is 0. The maximum absolute atomic E-state index is 14.0. The molecule has 43 heavy (non-hydrogen) atoms. The zero-order chi connectivity index (χ0) is 31.5. The standard InChI is InChI=1S/C34H42F2N2O5/c1-5-10-38(11-6-2)34(42)27-14-23(4)13-26(18-27)33(41)37-30(17-25-15-28(35)19-29(36)16-25)32(40)31(39)21-43-20-24-9-7-8-22(3)12-24/h7-9,12-16,18-19,30-32,39-40H,5-6,10-11,17,20-21H2,1-4H3,(H,37,41)/t30-,31?,32+/m0/s1. The van der Waals surface area contributed by atoms with E-state index in [0.29, 0.717) is 24.2 Å². The number of aliphatic hydroxyl groups excluding tert-OH is 2. The third kappa shape index (κ3) is 10.2. The average molecular weight is 597 g/mol. The molecule has 0 aliphatic carbocycles. The number of carbonyl (C=O) groups excluding carboxylic acids is 2. The Kier molecular flexibility index (Phi) is 12.8. The molecule has 3 aromatic rings. The summed E-state index contributed by atoms with van der Waals surface area (Å²) in [7, 11) is 0. The quantitative estimate of drug-likeness (QED) is 0.226. The summed E-state index contributed by atoms with van der Waals surface area (Å²) in [6, 6.07) is 14.3. The SMILES string of the molecule is CCCN(CCC)C(=O)c1cc(C)cc(C(=O)N[C@@H](Cc2cc(F)cc(F)c2)[C@@H](O)C(O)COCc2cccc(C)c2)c1. The van der Waals surface area contributed by atoms with E-state index >= 15 is 0 Å². The van der Waals surface area contributed by atoms with Gasteiger partial charge >= 0.3 is 0 Å². The summed E-state index contributed by atoms with van der Waals surface area (Å²) < 4.78 is 33.6. The summed E-state index contributed by atoms with van der Waals surface area (Å²) in [6.07, 6.45) is -1.54. The van der Waals surface area contributed by atoms with E-state index in [9.17, 15) is 28.6 Å². The fourth-order valence-electron chi connectivity index (χ4n) is 5.03. The molecule has 7 nitrogen and oxygen atoms in total. The second-order valence-electron chi connectivity index (χ2n) is 11.0. The molecule has 0 spiro atoms. The molecule has 0 heterocycles. The zero-order valence-electron chi connectivity index (χ0n) is 25.3. The van der Waals surface area contributed by atoms with Crippen LogP contribution in [-0.2, 0) is 17.8 Å². The van der Waals surface area contributed by atoms with Gasteiger partial charge in [-0.1, -0.05) is 43.7 Å². The van der Waals surface area contributed by atoms with Gasteiger partial charge in [-0.15, -0.1) is 0 Å². The van der Waals surface area contributed by atoms with E-state index in [-0.39, 0.29) is 36.7 Å². The first-order chi connectivity index (χ1) is 20.5. The van der Waals surface area contributed by atoms with Gasteiger partial charge in [0.1, 0.15) is 23.8 Å². The monoisotopic (exact) mass is 596 g/mol. The van der Waals surface area contributed by atoms with Crippen molar-refractivity contribution in [1.29, 1.82) is 0 Å². The number of benzene rings is 3. The Hall–Kier alpha value is -3.66. The molecule has 0 radical (unpaired) electrons. The van der Waals surface area contributed by atoms with Crippen LogP contribution >= 0.6 is 0 Å². The fourth-order valence-corrected chi connectivity index (χ4v) is 5.03. The summed E-state index contributed by atoms with van der Waals surface area (Å²) in [5, 5.41) is 24.6. The molecular weight excluding hydrogens is 554 g/mol. The van der Waals surface area contributed by atoms with Gasteiger partial charge in [-0.05, 0) is 80.1 Å². The molecule has 9 heteroatoms. The summed E-state index contributed by atoms with van der Waals surface area (Å²) in [4.78, 5) is 28.5. The molecule has 2 amide bonds. The number of carbonyl (C=O) groups is 2. The molecule has 0 aliphatic heterocycles. The van der Waals surface area contributed by atoms with Crippen molar-refractivity contribution in [3.8, 4) is 0 Å². The largest absolute Gasteiger partial charge is 0.388 e. The lowest BCUT2D eigenvalue weighted by Gasteiger charge is -2.28. The minimum absolute atomic E-state index is 0.172. The van der Waals surface area contributed by atoms with E-state index in [0.717, 1.165) is 42.2 Å². The Labute approximate surface area is 252 Å². The number of aliphatic hydroxyl groups is 2. The number of ether oxygens (including phenoxy) is 1. The topological polar surface area (TPSA) is 99.1 Å². The lowest BCUT2D eigenvalue weighted by Crippen LogP contribution is -2.51. The Balaban J connectivity index is 1.81. The number of amides is 2. The highest BCUT2D eigenvalue weighted by molar-refractivity contribution is 6.00. The predicted molar refractivity (Wildman–Crippen MR) is 162 cm³/mol. The van der Waals surface area contributed by atoms with Crippen molar-refractivity contribution in [2.24, 2.45) is 0 Å². The Morgan fingerprint density at radius 2 is 1.51 bits per heavy atom. The fraction of sp³-hybridized carbons (Fsp3) is 0.412. The Morgan fingerprint density at radius 1 is 0.860 bits per heavy atom. The zero-order valence-corrected chi connectivity index (χ0v) is 25.3. The van der Waals surface area contributed by atoms with E-state index in [2.05, 4.69) is 5.32 Å². The molecule has 3 atom stereocenters. The van der Waals surface area contributed by atoms with Crippen LogP contribution in [0.3, 0.4) is 0 Å². The van der Waals surface area contributed by atoms with Gasteiger partial charge in [0.25, 0.3) is 11.8 Å². The Bertz CT molecular complexity index is 1360. The van der Waals surface area contributed by atoms with Crippen LogP contribution in [0.1, 0.15) is 69.7 Å². The number of hydrogen-bond acceptors (Lipinski definition) is 5. The third-order valence-corrected chi connectivity index (χ3v) is 7.00. The first kappa shape index (κ1) is 33.8. The van der Waals surface area contributed by atoms with Crippen molar-refractivity contribution in [3.63, 3.8) is 0 Å². The molecular formula is C34H42F2N2O5. The van der Waals surface area contributed by atoms with E-state index < -0.39 is 35.8 Å². The van der Waals surface area contributed by atoms with Crippen LogP contribution in [0.15, 0.2) is 60.7 Å². The van der Waals surface area contributed by atoms with Crippen molar-refractivity contribution < 1.29 is 33.3 Å². The summed E-state index contributed by atoms with van der Waals surface area (Å²) in [5.41, 5.74) is 3.37. The normalized spacial score (nSPS) is 13.3. The van der Waals surface area contributed by atoms with Gasteiger partial charge in [0, 0.05) is 30.3 Å². The summed E-state index contributed by atoms with van der Waals surface area (Å²) in [5.74, 6) is -2.40. The van der Waals surface area contributed by atoms with Gasteiger partial charge in [-0.2, -0.15) is 0 Å². The number of aryl methyl sites for hydroxylation is 2. The van der Waals surface area contributed by atoms with Crippen LogP contribution in [0.4, 0.5) is 8.78 Å². The van der Waals surface area contributed by atoms with Crippen molar-refractivity contribution in [3.05, 3.63) is 106 Å². The van der Waals surface area contributed by atoms with Crippen LogP contribution in [0.2, 0.25) is 0 Å². The van der Waals surface area contributed by atoms with E-state index in [4.69, 9.17) is 4.74 Å². The number of nitrogens with zero attached hydrogens (tertiary/aromatic N) is 1. The van der Waals surface area contributed by atoms with Crippen molar-refractivity contribution in [2.45, 2.75) is 71.8 Å². The van der Waals surface area contributed by atoms with Gasteiger partial charge < -0.3 is 25.2 Å². The predicted octanol–water partition coefficient (Wildman–Crippen LogP) is 5.12. The molecule has 3 N–H and O–H groups in total. The molecule has 0 saturated heterocycles. The van der Waals surface area contributed by atoms with Gasteiger partial charge in [0.2, 0.25) is 0 Å². The smallest absolute Gasteiger partial charge is 0.253 e. The molecule has 0 aliphatic rings. The molecule has 0 fully saturated rings. The molecule has 1 unspecified atom stereocenters. The van der Waals surface area contributed by atoms with E-state index in [1.807, 2.05) is 45.0 Å². The first-order valence-electron chi connectivity index (χ1n) is 14.7. The lowest BCUT2D eigenvalue weighted by atomic mass is 9.96. The van der Waals surface area contributed by atoms with Crippen LogP contribution in [0.25, 0.3) is 0 Å². The van der Waals surface area contributed by atoms with Gasteiger partial charge in [-0.25, -0.2) is 8.78 Å². The molecule has 0 bridgehead atoms. The Morgan fingerprint density at radius 3 is 2.14 bits per heavy atom. The number of nitrogens with one attached hydrogen (secondary N) is 1. The van der Waals surface area contributed by atoms with Crippen molar-refractivity contribution >= 4 is 11.8 Å². The molecule has 3 aromatic carbocycles. The second kappa shape index (κ2) is 16.3. The van der Waals surface area contributed by atoms with Crippen molar-refractivity contribution in [1.82, 2.24) is 10.2 Å². The second-order valence-corrected chi connectivity index (χ2v) is 11.0. The van der Waals surface area contributed by atoms with Crippen LogP contribution < -0.4 is 5.32 Å². The average Bonchev–Trinajstić information content (AvgIpc) is 2.95. The highest BCUT2D eigenvalue weighted by atomic mass is 19.1. The molecule has 3 rings (SSSR count). The minimum Gasteiger partial charge on any atom is -0.388 e. The minimum atomic E-state index is -1.54. The maximum Gasteiger partial charge on any atom is 0.253 e. The number of hydrogen-bond donors (Lipinski definition) is 3. The lowest BCUT2D eigenvalue weighted by molar-refractivity contribution is -0.0543. The van der Waals surface area contributed by atoms with Gasteiger partial charge in [0.15, 0.2) is 0 Å². The van der Waals surface area contributed by atoms with Gasteiger partial charge in [-0.3, -0.25) is 9.59 Å². The van der Waals surface area contributed by atoms with E-state index in [1.165, 1.54) is 6.07 Å². The van der Waals surface area contributed by atoms with Gasteiger partial charge in [0.05, 0.1) is 19.3 Å². The maximum atomic E-state index is 14.0. The third-order valence-electron chi connectivity index (χ3n) is 7.00. The van der Waals surface area contributed by atoms with E-state index in [1.54, 1.807) is 24.0 Å². The molecule has 232 valence electrons. The highest BCUT2D eigenvalue weighted by Crippen LogP contribution is 2.17. The number of rotatable bonds is 15. The first-order valence-corrected chi connectivity index (χ1v) is 14.7. The van der Waals surface area contributed by atoms with Crippen LogP contribution in [0.5, 0.6) is 0 Å². The molecule has 0 aromatic heterocycles. The number of halogens is 2. The van der Waals surface area contributed by atoms with Crippen molar-refractivity contribution in [2.75, 3.05) is 19.7 Å². The highest BCUT2D eigenvalue weighted by Gasteiger charge is 2.29. The summed E-state index contributed by atoms with van der Waals surface area (Å²) in [6.45, 7) is 8.83. The van der Waals surface area contributed by atoms with Crippen LogP contribution in [-0.4, -0.2) is 64.9 Å². The molecule has 0 saturated carbocycles.